The van der Waals surface area contributed by atoms with Crippen LogP contribution in [0.25, 0.3) is 5.69 Å². The number of aryl methyl sites for hydroxylation is 1. The van der Waals surface area contributed by atoms with Crippen molar-refractivity contribution >= 4 is 39.5 Å². The first kappa shape index (κ1) is 15.2. The smallest absolute Gasteiger partial charge is 0.268 e. The van der Waals surface area contributed by atoms with Crippen molar-refractivity contribution in [2.45, 2.75) is 29.8 Å². The van der Waals surface area contributed by atoms with Gasteiger partial charge in [-0.05, 0) is 30.7 Å². The molecule has 0 amide bonds. The van der Waals surface area contributed by atoms with Crippen LogP contribution < -0.4 is 5.56 Å². The second kappa shape index (κ2) is 6.58. The van der Waals surface area contributed by atoms with Crippen LogP contribution in [-0.2, 0) is 6.42 Å². The molecular formula is C15H15BrN2OS2. The minimum absolute atomic E-state index is 0.0726. The fourth-order valence-corrected chi connectivity index (χ4v) is 4.37. The molecule has 2 aromatic rings. The van der Waals surface area contributed by atoms with Gasteiger partial charge in [-0.2, -0.15) is 0 Å². The van der Waals surface area contributed by atoms with Crippen molar-refractivity contribution in [3.8, 4) is 5.69 Å². The van der Waals surface area contributed by atoms with Crippen LogP contribution >= 0.6 is 39.5 Å². The molecule has 6 heteroatoms. The average Bonchev–Trinajstić information content (AvgIpc) is 2.95. The lowest BCUT2D eigenvalue weighted by Crippen LogP contribution is -2.23. The van der Waals surface area contributed by atoms with E-state index in [4.69, 9.17) is 4.98 Å². The van der Waals surface area contributed by atoms with Gasteiger partial charge in [0.1, 0.15) is 0 Å². The van der Waals surface area contributed by atoms with Crippen LogP contribution in [0.4, 0.5) is 0 Å². The van der Waals surface area contributed by atoms with Gasteiger partial charge in [-0.3, -0.25) is 9.36 Å². The Morgan fingerprint density at radius 3 is 2.86 bits per heavy atom. The molecule has 21 heavy (non-hydrogen) atoms. The van der Waals surface area contributed by atoms with Crippen molar-refractivity contribution in [1.82, 2.24) is 9.55 Å². The highest BCUT2D eigenvalue weighted by molar-refractivity contribution is 9.10. The maximum absolute atomic E-state index is 12.8. The summed E-state index contributed by atoms with van der Waals surface area (Å²) in [4.78, 5) is 18.4. The topological polar surface area (TPSA) is 34.9 Å². The fourth-order valence-electron chi connectivity index (χ4n) is 2.20. The van der Waals surface area contributed by atoms with Gasteiger partial charge < -0.3 is 0 Å². The molecule has 0 spiro atoms. The van der Waals surface area contributed by atoms with Crippen molar-refractivity contribution in [2.75, 3.05) is 11.5 Å². The van der Waals surface area contributed by atoms with Gasteiger partial charge in [0, 0.05) is 22.4 Å². The van der Waals surface area contributed by atoms with Crippen molar-refractivity contribution in [2.24, 2.45) is 0 Å². The van der Waals surface area contributed by atoms with Crippen LogP contribution in [0.5, 0.6) is 0 Å². The molecule has 0 atom stereocenters. The molecule has 1 aliphatic rings. The molecule has 0 aliphatic carbocycles. The standard InChI is InChI=1S/C15H15BrN2OS2/c1-2-8-21-15-17-12-7-9-20-13(12)14(19)18(15)11-5-3-10(16)4-6-11/h3-6H,2,7-9H2,1H3. The van der Waals surface area contributed by atoms with Gasteiger partial charge >= 0.3 is 0 Å². The summed E-state index contributed by atoms with van der Waals surface area (Å²) >= 11 is 6.72. The lowest BCUT2D eigenvalue weighted by atomic mass is 10.3. The SMILES string of the molecule is CCCSc1nc2c(c(=O)n1-c1ccc(Br)cc1)SCC2. The third kappa shape index (κ3) is 3.07. The molecule has 0 radical (unpaired) electrons. The molecule has 3 nitrogen and oxygen atoms in total. The summed E-state index contributed by atoms with van der Waals surface area (Å²) in [5.74, 6) is 1.93. The minimum Gasteiger partial charge on any atom is -0.268 e. The summed E-state index contributed by atoms with van der Waals surface area (Å²) in [6, 6.07) is 7.82. The normalized spacial score (nSPS) is 13.4. The van der Waals surface area contributed by atoms with Crippen molar-refractivity contribution in [3.63, 3.8) is 0 Å². The zero-order valence-electron chi connectivity index (χ0n) is 11.6. The number of nitrogens with zero attached hydrogens (tertiary/aromatic N) is 2. The van der Waals surface area contributed by atoms with E-state index in [-0.39, 0.29) is 5.56 Å². The molecule has 0 fully saturated rings. The largest absolute Gasteiger partial charge is 0.272 e. The van der Waals surface area contributed by atoms with Crippen molar-refractivity contribution in [3.05, 3.63) is 44.8 Å². The van der Waals surface area contributed by atoms with Crippen LogP contribution in [0.15, 0.2) is 43.6 Å². The third-order valence-corrected chi connectivity index (χ3v) is 5.97. The minimum atomic E-state index is 0.0726. The van der Waals surface area contributed by atoms with Gasteiger partial charge in [0.25, 0.3) is 5.56 Å². The summed E-state index contributed by atoms with van der Waals surface area (Å²) in [5.41, 5.74) is 1.92. The van der Waals surface area contributed by atoms with E-state index < -0.39 is 0 Å². The van der Waals surface area contributed by atoms with E-state index in [0.29, 0.717) is 0 Å². The number of thioether (sulfide) groups is 2. The monoisotopic (exact) mass is 382 g/mol. The van der Waals surface area contributed by atoms with Crippen LogP contribution in [-0.4, -0.2) is 21.1 Å². The molecule has 2 heterocycles. The van der Waals surface area contributed by atoms with E-state index in [1.165, 1.54) is 0 Å². The van der Waals surface area contributed by atoms with Crippen molar-refractivity contribution in [1.29, 1.82) is 0 Å². The lowest BCUT2D eigenvalue weighted by Gasteiger charge is -2.13. The molecule has 0 unspecified atom stereocenters. The van der Waals surface area contributed by atoms with Crippen LogP contribution in [0.2, 0.25) is 0 Å². The Morgan fingerprint density at radius 2 is 2.14 bits per heavy atom. The van der Waals surface area contributed by atoms with Crippen molar-refractivity contribution < 1.29 is 0 Å². The van der Waals surface area contributed by atoms with E-state index in [0.717, 1.165) is 50.3 Å². The second-order valence-electron chi connectivity index (χ2n) is 4.73. The number of benzene rings is 1. The highest BCUT2D eigenvalue weighted by Gasteiger charge is 2.22. The summed E-state index contributed by atoms with van der Waals surface area (Å²) < 4.78 is 2.76. The van der Waals surface area contributed by atoms with E-state index in [9.17, 15) is 4.79 Å². The Hall–Kier alpha value is -0.720. The average molecular weight is 383 g/mol. The molecule has 0 bridgehead atoms. The van der Waals surface area contributed by atoms with Crippen LogP contribution in [0, 0.1) is 0 Å². The maximum atomic E-state index is 12.8. The van der Waals surface area contributed by atoms with Gasteiger partial charge in [0.05, 0.1) is 16.3 Å². The van der Waals surface area contributed by atoms with E-state index in [2.05, 4.69) is 22.9 Å². The first-order valence-electron chi connectivity index (χ1n) is 6.88. The highest BCUT2D eigenvalue weighted by Crippen LogP contribution is 2.30. The van der Waals surface area contributed by atoms with Gasteiger partial charge in [0.15, 0.2) is 5.16 Å². The maximum Gasteiger partial charge on any atom is 0.272 e. The summed E-state index contributed by atoms with van der Waals surface area (Å²) in [7, 11) is 0. The zero-order valence-corrected chi connectivity index (χ0v) is 14.9. The van der Waals surface area contributed by atoms with Gasteiger partial charge in [-0.25, -0.2) is 4.98 Å². The van der Waals surface area contributed by atoms with E-state index in [1.54, 1.807) is 28.1 Å². The molecule has 0 saturated heterocycles. The summed E-state index contributed by atoms with van der Waals surface area (Å²) in [5, 5.41) is 0.811. The molecule has 3 rings (SSSR count). The molecule has 1 aromatic heterocycles. The van der Waals surface area contributed by atoms with Gasteiger partial charge in [-0.1, -0.05) is 34.6 Å². The molecule has 1 aromatic carbocycles. The number of hydrogen-bond donors (Lipinski definition) is 0. The molecule has 0 saturated carbocycles. The quantitative estimate of drug-likeness (QED) is 0.587. The number of aromatic nitrogens is 2. The third-order valence-electron chi connectivity index (χ3n) is 3.19. The van der Waals surface area contributed by atoms with Crippen LogP contribution in [0.3, 0.4) is 0 Å². The summed E-state index contributed by atoms with van der Waals surface area (Å²) in [6.07, 6.45) is 1.96. The van der Waals surface area contributed by atoms with Crippen LogP contribution in [0.1, 0.15) is 19.0 Å². The lowest BCUT2D eigenvalue weighted by molar-refractivity contribution is 0.739. The predicted molar refractivity (Wildman–Crippen MR) is 93.0 cm³/mol. The Kier molecular flexibility index (Phi) is 4.76. The fraction of sp³-hybridized carbons (Fsp3) is 0.333. The molecular weight excluding hydrogens is 368 g/mol. The molecule has 0 N–H and O–H groups in total. The predicted octanol–water partition coefficient (Wildman–Crippen LogP) is 4.15. The van der Waals surface area contributed by atoms with E-state index in [1.807, 2.05) is 24.3 Å². The number of fused-ring (bicyclic) bond motifs is 1. The number of rotatable bonds is 4. The zero-order chi connectivity index (χ0) is 14.8. The Labute approximate surface area is 140 Å². The molecule has 1 aliphatic heterocycles. The first-order chi connectivity index (χ1) is 10.2. The van der Waals surface area contributed by atoms with Gasteiger partial charge in [-0.15, -0.1) is 11.8 Å². The van der Waals surface area contributed by atoms with E-state index >= 15 is 0 Å². The first-order valence-corrected chi connectivity index (χ1v) is 9.64. The molecule has 110 valence electrons. The number of halogens is 1. The number of hydrogen-bond acceptors (Lipinski definition) is 4. The Morgan fingerprint density at radius 1 is 1.38 bits per heavy atom. The highest BCUT2D eigenvalue weighted by atomic mass is 79.9. The Balaban J connectivity index is 2.16. The second-order valence-corrected chi connectivity index (χ2v) is 7.82. The summed E-state index contributed by atoms with van der Waals surface area (Å²) in [6.45, 7) is 2.14. The van der Waals surface area contributed by atoms with Gasteiger partial charge in [0.2, 0.25) is 0 Å². The Bertz CT molecular complexity index is 713.